The lowest BCUT2D eigenvalue weighted by Crippen LogP contribution is -2.06. The van der Waals surface area contributed by atoms with Gasteiger partial charge < -0.3 is 9.72 Å². The molecule has 5 heteroatoms. The first-order chi connectivity index (χ1) is 11.2. The van der Waals surface area contributed by atoms with Crippen molar-refractivity contribution in [3.05, 3.63) is 59.1 Å². The lowest BCUT2D eigenvalue weighted by atomic mass is 10.0. The van der Waals surface area contributed by atoms with Gasteiger partial charge in [0.1, 0.15) is 5.69 Å². The van der Waals surface area contributed by atoms with Crippen LogP contribution in [0, 0.1) is 11.3 Å². The van der Waals surface area contributed by atoms with E-state index < -0.39 is 0 Å². The van der Waals surface area contributed by atoms with Gasteiger partial charge in [-0.3, -0.25) is 0 Å². The van der Waals surface area contributed by atoms with Crippen molar-refractivity contribution in [1.29, 1.82) is 5.26 Å². The third kappa shape index (κ3) is 3.03. The fourth-order valence-electron chi connectivity index (χ4n) is 2.34. The van der Waals surface area contributed by atoms with E-state index in [0.717, 1.165) is 21.7 Å². The van der Waals surface area contributed by atoms with E-state index >= 15 is 0 Å². The van der Waals surface area contributed by atoms with E-state index in [1.54, 1.807) is 30.4 Å². The first-order valence-electron chi connectivity index (χ1n) is 7.17. The quantitative estimate of drug-likeness (QED) is 0.721. The van der Waals surface area contributed by atoms with Crippen LogP contribution < -0.4 is 0 Å². The molecule has 2 aromatic heterocycles. The van der Waals surface area contributed by atoms with E-state index in [4.69, 9.17) is 10.00 Å². The molecule has 2 heterocycles. The molecule has 0 amide bonds. The Morgan fingerprint density at radius 3 is 2.70 bits per heavy atom. The van der Waals surface area contributed by atoms with Crippen LogP contribution in [0.3, 0.4) is 0 Å². The summed E-state index contributed by atoms with van der Waals surface area (Å²) in [6.45, 7) is 2.10. The number of benzene rings is 1. The summed E-state index contributed by atoms with van der Waals surface area (Å²) in [5, 5.41) is 10.9. The second kappa shape index (κ2) is 6.51. The number of ether oxygens (including phenoxy) is 1. The fourth-order valence-corrected chi connectivity index (χ4v) is 3.03. The Bertz CT molecular complexity index is 856. The number of hydrogen-bond donors (Lipinski definition) is 1. The van der Waals surface area contributed by atoms with E-state index in [-0.39, 0.29) is 5.97 Å². The maximum absolute atomic E-state index is 12.2. The molecule has 0 radical (unpaired) electrons. The van der Waals surface area contributed by atoms with Gasteiger partial charge in [-0.15, -0.1) is 11.3 Å². The number of aromatic amines is 1. The van der Waals surface area contributed by atoms with Crippen LogP contribution in [0.25, 0.3) is 21.7 Å². The molecule has 0 spiro atoms. The molecule has 0 atom stereocenters. The third-order valence-corrected chi connectivity index (χ3v) is 4.31. The summed E-state index contributed by atoms with van der Waals surface area (Å²) in [5.41, 5.74) is 3.53. The van der Waals surface area contributed by atoms with Crippen molar-refractivity contribution in [3.8, 4) is 27.8 Å². The number of nitrogens with zero attached hydrogens (tertiary/aromatic N) is 1. The predicted octanol–water partition coefficient (Wildman–Crippen LogP) is 4.46. The molecule has 3 aromatic rings. The van der Waals surface area contributed by atoms with Crippen LogP contribution in [0.1, 0.15) is 23.0 Å². The van der Waals surface area contributed by atoms with E-state index in [0.29, 0.717) is 17.9 Å². The van der Waals surface area contributed by atoms with Gasteiger partial charge in [-0.25, -0.2) is 4.79 Å². The standard InChI is InChI=1S/C18H14N2O2S/c1-2-22-18(21)17-14(13-7-5-12(11-19)6-8-13)10-15(20-17)16-4-3-9-23-16/h3-10,20H,2H2,1H3. The van der Waals surface area contributed by atoms with Crippen molar-refractivity contribution in [1.82, 2.24) is 4.98 Å². The van der Waals surface area contributed by atoms with Gasteiger partial charge in [0, 0.05) is 5.56 Å². The van der Waals surface area contributed by atoms with Crippen LogP contribution in [-0.2, 0) is 4.74 Å². The molecular weight excluding hydrogens is 308 g/mol. The number of esters is 1. The lowest BCUT2D eigenvalue weighted by molar-refractivity contribution is 0.0521. The van der Waals surface area contributed by atoms with E-state index in [1.165, 1.54) is 0 Å². The van der Waals surface area contributed by atoms with Gasteiger partial charge >= 0.3 is 5.97 Å². The number of nitrogens with one attached hydrogen (secondary N) is 1. The molecule has 4 nitrogen and oxygen atoms in total. The van der Waals surface area contributed by atoms with Crippen LogP contribution in [0.2, 0.25) is 0 Å². The summed E-state index contributed by atoms with van der Waals surface area (Å²) < 4.78 is 5.15. The molecule has 0 aliphatic rings. The molecule has 0 fully saturated rings. The number of H-pyrrole nitrogens is 1. The van der Waals surface area contributed by atoms with Gasteiger partial charge in [-0.05, 0) is 42.1 Å². The second-order valence-electron chi connectivity index (χ2n) is 4.86. The number of nitriles is 1. The number of carbonyl (C=O) groups is 1. The van der Waals surface area contributed by atoms with E-state index in [2.05, 4.69) is 11.1 Å². The normalized spacial score (nSPS) is 10.3. The van der Waals surface area contributed by atoms with Gasteiger partial charge in [0.15, 0.2) is 0 Å². The van der Waals surface area contributed by atoms with E-state index in [9.17, 15) is 4.79 Å². The van der Waals surface area contributed by atoms with Crippen molar-refractivity contribution in [3.63, 3.8) is 0 Å². The number of hydrogen-bond acceptors (Lipinski definition) is 4. The first kappa shape index (κ1) is 15.1. The van der Waals surface area contributed by atoms with Crippen molar-refractivity contribution < 1.29 is 9.53 Å². The molecule has 0 unspecified atom stereocenters. The maximum Gasteiger partial charge on any atom is 0.355 e. The highest BCUT2D eigenvalue weighted by Crippen LogP contribution is 2.32. The molecule has 0 saturated carbocycles. The van der Waals surface area contributed by atoms with Crippen LogP contribution in [0.5, 0.6) is 0 Å². The summed E-state index contributed by atoms with van der Waals surface area (Å²) in [6, 6.07) is 15.1. The minimum absolute atomic E-state index is 0.318. The second-order valence-corrected chi connectivity index (χ2v) is 5.81. The molecule has 0 aliphatic carbocycles. The smallest absolute Gasteiger partial charge is 0.355 e. The number of thiophene rings is 1. The molecule has 0 bridgehead atoms. The largest absolute Gasteiger partial charge is 0.461 e. The highest BCUT2D eigenvalue weighted by atomic mass is 32.1. The van der Waals surface area contributed by atoms with Gasteiger partial charge in [-0.2, -0.15) is 5.26 Å². The Morgan fingerprint density at radius 2 is 2.09 bits per heavy atom. The summed E-state index contributed by atoms with van der Waals surface area (Å²) >= 11 is 1.60. The molecule has 1 aromatic carbocycles. The van der Waals surface area contributed by atoms with Crippen molar-refractivity contribution in [2.45, 2.75) is 6.92 Å². The summed E-state index contributed by atoms with van der Waals surface area (Å²) in [7, 11) is 0. The molecule has 114 valence electrons. The molecule has 0 aliphatic heterocycles. The van der Waals surface area contributed by atoms with Crippen LogP contribution in [0.4, 0.5) is 0 Å². The number of carbonyl (C=O) groups excluding carboxylic acids is 1. The zero-order chi connectivity index (χ0) is 16.2. The minimum atomic E-state index is -0.380. The van der Waals surface area contributed by atoms with Crippen LogP contribution in [0.15, 0.2) is 47.8 Å². The fraction of sp³-hybridized carbons (Fsp3) is 0.111. The Labute approximate surface area is 138 Å². The highest BCUT2D eigenvalue weighted by molar-refractivity contribution is 7.13. The van der Waals surface area contributed by atoms with Crippen LogP contribution in [-0.4, -0.2) is 17.6 Å². The SMILES string of the molecule is CCOC(=O)c1[nH]c(-c2cccs2)cc1-c1ccc(C#N)cc1. The zero-order valence-electron chi connectivity index (χ0n) is 12.5. The Balaban J connectivity index is 2.09. The van der Waals surface area contributed by atoms with Crippen molar-refractivity contribution in [2.24, 2.45) is 0 Å². The van der Waals surface area contributed by atoms with Gasteiger partial charge in [0.25, 0.3) is 0 Å². The average Bonchev–Trinajstić information content (AvgIpc) is 3.24. The van der Waals surface area contributed by atoms with Crippen LogP contribution >= 0.6 is 11.3 Å². The Hall–Kier alpha value is -2.84. The maximum atomic E-state index is 12.2. The molecule has 23 heavy (non-hydrogen) atoms. The average molecular weight is 322 g/mol. The van der Waals surface area contributed by atoms with Gasteiger partial charge in [0.05, 0.1) is 28.8 Å². The first-order valence-corrected chi connectivity index (χ1v) is 8.05. The molecule has 1 N–H and O–H groups in total. The van der Waals surface area contributed by atoms with Crippen molar-refractivity contribution >= 4 is 17.3 Å². The summed E-state index contributed by atoms with van der Waals surface area (Å²) in [4.78, 5) is 16.5. The van der Waals surface area contributed by atoms with E-state index in [1.807, 2.05) is 35.7 Å². The minimum Gasteiger partial charge on any atom is -0.461 e. The van der Waals surface area contributed by atoms with Gasteiger partial charge in [-0.1, -0.05) is 18.2 Å². The zero-order valence-corrected chi connectivity index (χ0v) is 13.3. The highest BCUT2D eigenvalue weighted by Gasteiger charge is 2.19. The predicted molar refractivity (Wildman–Crippen MR) is 90.2 cm³/mol. The number of rotatable bonds is 4. The third-order valence-electron chi connectivity index (χ3n) is 3.41. The summed E-state index contributed by atoms with van der Waals surface area (Å²) in [6.07, 6.45) is 0. The molecule has 3 rings (SSSR count). The monoisotopic (exact) mass is 322 g/mol. The van der Waals surface area contributed by atoms with Crippen molar-refractivity contribution in [2.75, 3.05) is 6.61 Å². The molecular formula is C18H14N2O2S. The Morgan fingerprint density at radius 1 is 1.30 bits per heavy atom. The molecule has 0 saturated heterocycles. The van der Waals surface area contributed by atoms with Gasteiger partial charge in [0.2, 0.25) is 0 Å². The lowest BCUT2D eigenvalue weighted by Gasteiger charge is -2.04. The number of aromatic nitrogens is 1. The summed E-state index contributed by atoms with van der Waals surface area (Å²) in [5.74, 6) is -0.380. The topological polar surface area (TPSA) is 65.9 Å². The Kier molecular flexibility index (Phi) is 4.26.